The van der Waals surface area contributed by atoms with Gasteiger partial charge in [-0.25, -0.2) is 0 Å². The summed E-state index contributed by atoms with van der Waals surface area (Å²) >= 11 is 0. The van der Waals surface area contributed by atoms with E-state index >= 15 is 0 Å². The lowest BCUT2D eigenvalue weighted by molar-refractivity contribution is -0.140. The van der Waals surface area contributed by atoms with Crippen LogP contribution < -0.4 is 5.32 Å². The molecule has 0 fully saturated rings. The van der Waals surface area contributed by atoms with Crippen LogP contribution in [0.1, 0.15) is 47.7 Å². The Balaban J connectivity index is 2.85. The molecular formula is C17H25NO3. The van der Waals surface area contributed by atoms with Crippen molar-refractivity contribution in [2.75, 3.05) is 13.7 Å². The maximum absolute atomic E-state index is 12.7. The molecule has 1 atom stereocenters. The van der Waals surface area contributed by atoms with E-state index in [1.165, 1.54) is 7.11 Å². The maximum Gasteiger partial charge on any atom is 0.305 e. The summed E-state index contributed by atoms with van der Waals surface area (Å²) < 4.78 is 4.65. The van der Waals surface area contributed by atoms with Crippen LogP contribution in [0.3, 0.4) is 0 Å². The molecule has 0 aliphatic carbocycles. The number of ketones is 1. The molecule has 0 amide bonds. The molecule has 0 bridgehead atoms. The Morgan fingerprint density at radius 1 is 1.29 bits per heavy atom. The number of aryl methyl sites for hydroxylation is 2. The van der Waals surface area contributed by atoms with Gasteiger partial charge in [-0.2, -0.15) is 0 Å². The van der Waals surface area contributed by atoms with E-state index in [0.717, 1.165) is 29.7 Å². The van der Waals surface area contributed by atoms with Crippen molar-refractivity contribution in [1.82, 2.24) is 5.32 Å². The van der Waals surface area contributed by atoms with Gasteiger partial charge in [0.05, 0.1) is 13.2 Å². The molecule has 0 heterocycles. The monoisotopic (exact) mass is 291 g/mol. The first kappa shape index (κ1) is 17.4. The topological polar surface area (TPSA) is 55.4 Å². The van der Waals surface area contributed by atoms with Gasteiger partial charge >= 0.3 is 5.97 Å². The van der Waals surface area contributed by atoms with Gasteiger partial charge in [-0.05, 0) is 38.8 Å². The zero-order valence-corrected chi connectivity index (χ0v) is 13.4. The summed E-state index contributed by atoms with van der Waals surface area (Å²) in [6.07, 6.45) is 1.64. The maximum atomic E-state index is 12.7. The molecule has 0 aliphatic rings. The fraction of sp³-hybridized carbons (Fsp3) is 0.529. The first-order chi connectivity index (χ1) is 9.99. The van der Waals surface area contributed by atoms with Gasteiger partial charge in [0, 0.05) is 12.0 Å². The Morgan fingerprint density at radius 2 is 2.00 bits per heavy atom. The summed E-state index contributed by atoms with van der Waals surface area (Å²) in [6.45, 7) is 6.75. The van der Waals surface area contributed by atoms with Crippen molar-refractivity contribution in [3.05, 3.63) is 34.9 Å². The molecule has 0 spiro atoms. The largest absolute Gasteiger partial charge is 0.469 e. The Labute approximate surface area is 126 Å². The molecule has 0 radical (unpaired) electrons. The van der Waals surface area contributed by atoms with Crippen LogP contribution in [0.4, 0.5) is 0 Å². The molecule has 0 saturated carbocycles. The number of rotatable bonds is 8. The van der Waals surface area contributed by atoms with Crippen LogP contribution in [0.25, 0.3) is 0 Å². The van der Waals surface area contributed by atoms with Gasteiger partial charge in [-0.15, -0.1) is 0 Å². The standard InChI is InChI=1S/C17H25NO3/c1-5-10-18-15(8-9-16(19)21-4)17(20)14-7-6-12(2)11-13(14)3/h6-7,11,15,18H,5,8-10H2,1-4H3. The van der Waals surface area contributed by atoms with Crippen LogP contribution in [0, 0.1) is 13.8 Å². The number of Topliss-reactive ketones (excluding diaryl/α,β-unsaturated/α-hetero) is 1. The fourth-order valence-electron chi connectivity index (χ4n) is 2.29. The molecule has 1 unspecified atom stereocenters. The molecule has 0 saturated heterocycles. The summed E-state index contributed by atoms with van der Waals surface area (Å²) in [6, 6.07) is 5.47. The highest BCUT2D eigenvalue weighted by Crippen LogP contribution is 2.15. The van der Waals surface area contributed by atoms with Gasteiger partial charge < -0.3 is 10.1 Å². The van der Waals surface area contributed by atoms with Crippen molar-refractivity contribution in [3.8, 4) is 0 Å². The van der Waals surface area contributed by atoms with Crippen LogP contribution in [0.15, 0.2) is 18.2 Å². The molecule has 116 valence electrons. The van der Waals surface area contributed by atoms with Crippen molar-refractivity contribution in [2.45, 2.75) is 46.1 Å². The minimum absolute atomic E-state index is 0.0462. The second-order valence-corrected chi connectivity index (χ2v) is 5.30. The van der Waals surface area contributed by atoms with Gasteiger partial charge in [0.15, 0.2) is 5.78 Å². The average Bonchev–Trinajstić information content (AvgIpc) is 2.46. The summed E-state index contributed by atoms with van der Waals surface area (Å²) in [5.74, 6) is -0.239. The van der Waals surface area contributed by atoms with Crippen LogP contribution in [-0.4, -0.2) is 31.4 Å². The zero-order valence-electron chi connectivity index (χ0n) is 13.4. The van der Waals surface area contributed by atoms with E-state index in [9.17, 15) is 9.59 Å². The van der Waals surface area contributed by atoms with Gasteiger partial charge in [0.1, 0.15) is 0 Å². The third-order valence-corrected chi connectivity index (χ3v) is 3.47. The van der Waals surface area contributed by atoms with E-state index in [1.807, 2.05) is 39.0 Å². The fourth-order valence-corrected chi connectivity index (χ4v) is 2.29. The number of nitrogens with one attached hydrogen (secondary N) is 1. The normalized spacial score (nSPS) is 12.0. The highest BCUT2D eigenvalue weighted by Gasteiger charge is 2.21. The predicted molar refractivity (Wildman–Crippen MR) is 83.6 cm³/mol. The van der Waals surface area contributed by atoms with Crippen molar-refractivity contribution in [2.24, 2.45) is 0 Å². The first-order valence-corrected chi connectivity index (χ1v) is 7.41. The van der Waals surface area contributed by atoms with E-state index in [0.29, 0.717) is 6.42 Å². The Hall–Kier alpha value is -1.68. The summed E-state index contributed by atoms with van der Waals surface area (Å²) in [7, 11) is 1.36. The van der Waals surface area contributed by atoms with Crippen LogP contribution in [-0.2, 0) is 9.53 Å². The molecule has 1 aromatic rings. The van der Waals surface area contributed by atoms with Crippen molar-refractivity contribution in [1.29, 1.82) is 0 Å². The molecule has 1 N–H and O–H groups in total. The minimum Gasteiger partial charge on any atom is -0.469 e. The Bertz CT molecular complexity index is 497. The lowest BCUT2D eigenvalue weighted by Gasteiger charge is -2.18. The van der Waals surface area contributed by atoms with Gasteiger partial charge in [0.2, 0.25) is 0 Å². The number of carbonyl (C=O) groups is 2. The van der Waals surface area contributed by atoms with Gasteiger partial charge in [-0.1, -0.05) is 30.7 Å². The molecule has 4 nitrogen and oxygen atoms in total. The van der Waals surface area contributed by atoms with Crippen LogP contribution >= 0.6 is 0 Å². The predicted octanol–water partition coefficient (Wildman–Crippen LogP) is 2.81. The number of esters is 1. The number of carbonyl (C=O) groups excluding carboxylic acids is 2. The van der Waals surface area contributed by atoms with Crippen LogP contribution in [0.2, 0.25) is 0 Å². The number of hydrogen-bond acceptors (Lipinski definition) is 4. The lowest BCUT2D eigenvalue weighted by atomic mass is 9.95. The Kier molecular flexibility index (Phi) is 7.09. The summed E-state index contributed by atoms with van der Waals surface area (Å²) in [4.78, 5) is 24.0. The van der Waals surface area contributed by atoms with Gasteiger partial charge in [-0.3, -0.25) is 9.59 Å². The molecule has 0 aromatic heterocycles. The average molecular weight is 291 g/mol. The highest BCUT2D eigenvalue weighted by atomic mass is 16.5. The first-order valence-electron chi connectivity index (χ1n) is 7.41. The molecule has 1 aromatic carbocycles. The molecule has 0 aliphatic heterocycles. The lowest BCUT2D eigenvalue weighted by Crippen LogP contribution is -2.38. The van der Waals surface area contributed by atoms with Crippen molar-refractivity contribution < 1.29 is 14.3 Å². The SMILES string of the molecule is CCCNC(CCC(=O)OC)C(=O)c1ccc(C)cc1C. The highest BCUT2D eigenvalue weighted by molar-refractivity contribution is 6.01. The van der Waals surface area contributed by atoms with E-state index in [2.05, 4.69) is 10.1 Å². The number of benzene rings is 1. The quantitative estimate of drug-likeness (QED) is 0.591. The molecule has 21 heavy (non-hydrogen) atoms. The van der Waals surface area contributed by atoms with E-state index in [4.69, 9.17) is 0 Å². The van der Waals surface area contributed by atoms with Crippen molar-refractivity contribution >= 4 is 11.8 Å². The second-order valence-electron chi connectivity index (χ2n) is 5.30. The number of ether oxygens (including phenoxy) is 1. The third-order valence-electron chi connectivity index (χ3n) is 3.47. The molecular weight excluding hydrogens is 266 g/mol. The van der Waals surface area contributed by atoms with Crippen molar-refractivity contribution in [3.63, 3.8) is 0 Å². The number of methoxy groups -OCH3 is 1. The Morgan fingerprint density at radius 3 is 2.57 bits per heavy atom. The van der Waals surface area contributed by atoms with Crippen LogP contribution in [0.5, 0.6) is 0 Å². The van der Waals surface area contributed by atoms with E-state index < -0.39 is 0 Å². The third kappa shape index (κ3) is 5.31. The zero-order chi connectivity index (χ0) is 15.8. The summed E-state index contributed by atoms with van der Waals surface area (Å²) in [5, 5.41) is 3.23. The molecule has 4 heteroatoms. The van der Waals surface area contributed by atoms with Gasteiger partial charge in [0.25, 0.3) is 0 Å². The minimum atomic E-state index is -0.342. The second kappa shape index (κ2) is 8.57. The van der Waals surface area contributed by atoms with E-state index in [1.54, 1.807) is 0 Å². The summed E-state index contributed by atoms with van der Waals surface area (Å²) in [5.41, 5.74) is 2.83. The van der Waals surface area contributed by atoms with E-state index in [-0.39, 0.29) is 24.2 Å². The molecule has 1 rings (SSSR count). The smallest absolute Gasteiger partial charge is 0.305 e. The number of hydrogen-bond donors (Lipinski definition) is 1.